The first-order valence-electron chi connectivity index (χ1n) is 8.07. The summed E-state index contributed by atoms with van der Waals surface area (Å²) in [5, 5.41) is 8.54. The van der Waals surface area contributed by atoms with E-state index in [1.807, 2.05) is 30.3 Å². The molecule has 0 saturated carbocycles. The van der Waals surface area contributed by atoms with E-state index in [0.29, 0.717) is 25.2 Å². The van der Waals surface area contributed by atoms with Gasteiger partial charge in [0.25, 0.3) is 5.91 Å². The molecule has 7 nitrogen and oxygen atoms in total. The van der Waals surface area contributed by atoms with Crippen molar-refractivity contribution in [3.8, 4) is 11.4 Å². The first-order valence-corrected chi connectivity index (χ1v) is 8.07. The lowest BCUT2D eigenvalue weighted by atomic mass is 10.2. The summed E-state index contributed by atoms with van der Waals surface area (Å²) in [6.45, 7) is 1.62. The van der Waals surface area contributed by atoms with Gasteiger partial charge in [-0.25, -0.2) is 0 Å². The van der Waals surface area contributed by atoms with Crippen molar-refractivity contribution in [2.24, 2.45) is 7.05 Å². The van der Waals surface area contributed by atoms with Gasteiger partial charge in [-0.2, -0.15) is 0 Å². The van der Waals surface area contributed by atoms with Crippen molar-refractivity contribution >= 4 is 5.91 Å². The second-order valence-electron chi connectivity index (χ2n) is 6.05. The Morgan fingerprint density at radius 3 is 2.60 bits per heavy atom. The van der Waals surface area contributed by atoms with E-state index in [2.05, 4.69) is 14.8 Å². The molecule has 0 unspecified atom stereocenters. The third kappa shape index (κ3) is 2.73. The van der Waals surface area contributed by atoms with Gasteiger partial charge < -0.3 is 14.0 Å². The van der Waals surface area contributed by atoms with Gasteiger partial charge in [-0.3, -0.25) is 9.59 Å². The monoisotopic (exact) mass is 335 g/mol. The summed E-state index contributed by atoms with van der Waals surface area (Å²) < 4.78 is 3.47. The minimum Gasteiger partial charge on any atom is -0.329 e. The highest BCUT2D eigenvalue weighted by Gasteiger charge is 2.25. The van der Waals surface area contributed by atoms with E-state index < -0.39 is 0 Å². The van der Waals surface area contributed by atoms with Crippen LogP contribution in [0.5, 0.6) is 0 Å². The Bertz CT molecular complexity index is 990. The average Bonchev–Trinajstić information content (AvgIpc) is 3.07. The number of pyridine rings is 1. The van der Waals surface area contributed by atoms with Gasteiger partial charge in [0.15, 0.2) is 11.6 Å². The molecule has 3 aromatic rings. The SMILES string of the molecule is Cn1cc(C(=O)N2CCn3c(nnc3-c3ccccc3)C2)ccc1=O. The van der Waals surface area contributed by atoms with Crippen molar-refractivity contribution in [3.05, 3.63) is 70.4 Å². The summed E-state index contributed by atoms with van der Waals surface area (Å²) in [4.78, 5) is 25.9. The first-order chi connectivity index (χ1) is 12.1. The molecule has 1 amide bonds. The molecule has 126 valence electrons. The Kier molecular flexibility index (Phi) is 3.68. The van der Waals surface area contributed by atoms with Gasteiger partial charge in [0.05, 0.1) is 12.1 Å². The van der Waals surface area contributed by atoms with Crippen molar-refractivity contribution in [1.29, 1.82) is 0 Å². The molecule has 3 heterocycles. The van der Waals surface area contributed by atoms with Gasteiger partial charge in [0.1, 0.15) is 0 Å². The van der Waals surface area contributed by atoms with Crippen LogP contribution in [-0.4, -0.2) is 36.7 Å². The molecule has 0 atom stereocenters. The summed E-state index contributed by atoms with van der Waals surface area (Å²) >= 11 is 0. The van der Waals surface area contributed by atoms with Crippen molar-refractivity contribution in [1.82, 2.24) is 24.2 Å². The van der Waals surface area contributed by atoms with E-state index in [0.717, 1.165) is 17.2 Å². The van der Waals surface area contributed by atoms with E-state index in [9.17, 15) is 9.59 Å². The zero-order valence-corrected chi connectivity index (χ0v) is 13.8. The van der Waals surface area contributed by atoms with E-state index in [4.69, 9.17) is 0 Å². The zero-order valence-electron chi connectivity index (χ0n) is 13.8. The second kappa shape index (κ2) is 6.01. The first kappa shape index (κ1) is 15.3. The molecule has 0 aliphatic carbocycles. The largest absolute Gasteiger partial charge is 0.329 e. The van der Waals surface area contributed by atoms with Crippen LogP contribution in [0.1, 0.15) is 16.2 Å². The van der Waals surface area contributed by atoms with E-state index in [1.54, 1.807) is 24.2 Å². The summed E-state index contributed by atoms with van der Waals surface area (Å²) in [6.07, 6.45) is 1.57. The van der Waals surface area contributed by atoms with Crippen LogP contribution in [0.2, 0.25) is 0 Å². The Balaban J connectivity index is 1.59. The minimum absolute atomic E-state index is 0.105. The van der Waals surface area contributed by atoms with Crippen LogP contribution in [-0.2, 0) is 20.1 Å². The van der Waals surface area contributed by atoms with Gasteiger partial charge in [0.2, 0.25) is 5.56 Å². The maximum absolute atomic E-state index is 12.7. The molecule has 0 bridgehead atoms. The highest BCUT2D eigenvalue weighted by atomic mass is 16.2. The molecule has 1 aliphatic heterocycles. The Hall–Kier alpha value is -3.22. The fraction of sp³-hybridized carbons (Fsp3) is 0.222. The van der Waals surface area contributed by atoms with Crippen LogP contribution in [0, 0.1) is 0 Å². The number of hydrogen-bond donors (Lipinski definition) is 0. The molecular weight excluding hydrogens is 318 g/mol. The summed E-state index contributed by atoms with van der Waals surface area (Å²) in [6, 6.07) is 12.9. The lowest BCUT2D eigenvalue weighted by Gasteiger charge is -2.28. The number of aromatic nitrogens is 4. The minimum atomic E-state index is -0.137. The number of carbonyl (C=O) groups is 1. The van der Waals surface area contributed by atoms with Crippen molar-refractivity contribution in [3.63, 3.8) is 0 Å². The molecule has 0 spiro atoms. The predicted octanol–water partition coefficient (Wildman–Crippen LogP) is 1.30. The number of aryl methyl sites for hydroxylation is 1. The van der Waals surface area contributed by atoms with E-state index in [-0.39, 0.29) is 11.5 Å². The third-order valence-electron chi connectivity index (χ3n) is 4.41. The standard InChI is InChI=1S/C18H17N5O2/c1-21-11-14(7-8-16(21)24)18(25)22-9-10-23-15(12-22)19-20-17(23)13-5-3-2-4-6-13/h2-8,11H,9-10,12H2,1H3. The zero-order chi connectivity index (χ0) is 17.4. The van der Waals surface area contributed by atoms with Crippen LogP contribution in [0.4, 0.5) is 0 Å². The normalized spacial score (nSPS) is 13.6. The summed E-state index contributed by atoms with van der Waals surface area (Å²) in [5.41, 5.74) is 1.37. The molecule has 7 heteroatoms. The van der Waals surface area contributed by atoms with Crippen molar-refractivity contribution in [2.75, 3.05) is 6.54 Å². The Morgan fingerprint density at radius 1 is 1.04 bits per heavy atom. The number of carbonyl (C=O) groups excluding carboxylic acids is 1. The van der Waals surface area contributed by atoms with Crippen LogP contribution in [0.25, 0.3) is 11.4 Å². The molecule has 0 N–H and O–H groups in total. The number of amides is 1. The molecule has 0 fully saturated rings. The molecular formula is C18H17N5O2. The number of benzene rings is 1. The van der Waals surface area contributed by atoms with E-state index in [1.165, 1.54) is 10.6 Å². The molecule has 0 saturated heterocycles. The number of nitrogens with zero attached hydrogens (tertiary/aromatic N) is 5. The second-order valence-corrected chi connectivity index (χ2v) is 6.05. The van der Waals surface area contributed by atoms with Crippen LogP contribution in [0.3, 0.4) is 0 Å². The smallest absolute Gasteiger partial charge is 0.255 e. The summed E-state index contributed by atoms with van der Waals surface area (Å²) in [7, 11) is 1.64. The van der Waals surface area contributed by atoms with Gasteiger partial charge in [-0.1, -0.05) is 30.3 Å². The number of rotatable bonds is 2. The molecule has 25 heavy (non-hydrogen) atoms. The van der Waals surface area contributed by atoms with Crippen LogP contribution >= 0.6 is 0 Å². The van der Waals surface area contributed by atoms with Gasteiger partial charge in [-0.15, -0.1) is 10.2 Å². The van der Waals surface area contributed by atoms with Crippen LogP contribution in [0.15, 0.2) is 53.5 Å². The number of fused-ring (bicyclic) bond motifs is 1. The quantitative estimate of drug-likeness (QED) is 0.708. The topological polar surface area (TPSA) is 73.0 Å². The maximum atomic E-state index is 12.7. The Morgan fingerprint density at radius 2 is 1.84 bits per heavy atom. The molecule has 1 aliphatic rings. The van der Waals surface area contributed by atoms with Crippen molar-refractivity contribution in [2.45, 2.75) is 13.1 Å². The highest BCUT2D eigenvalue weighted by Crippen LogP contribution is 2.22. The average molecular weight is 335 g/mol. The molecule has 1 aromatic carbocycles. The van der Waals surface area contributed by atoms with E-state index >= 15 is 0 Å². The number of hydrogen-bond acceptors (Lipinski definition) is 4. The predicted molar refractivity (Wildman–Crippen MR) is 91.9 cm³/mol. The Labute approximate surface area is 144 Å². The molecule has 0 radical (unpaired) electrons. The van der Waals surface area contributed by atoms with Gasteiger partial charge in [-0.05, 0) is 6.07 Å². The van der Waals surface area contributed by atoms with Gasteiger partial charge >= 0.3 is 0 Å². The fourth-order valence-corrected chi connectivity index (χ4v) is 3.03. The highest BCUT2D eigenvalue weighted by molar-refractivity contribution is 5.93. The lowest BCUT2D eigenvalue weighted by Crippen LogP contribution is -2.39. The lowest BCUT2D eigenvalue weighted by molar-refractivity contribution is 0.0707. The third-order valence-corrected chi connectivity index (χ3v) is 4.41. The fourth-order valence-electron chi connectivity index (χ4n) is 3.03. The molecule has 4 rings (SSSR count). The molecule has 2 aromatic heterocycles. The van der Waals surface area contributed by atoms with Crippen LogP contribution < -0.4 is 5.56 Å². The summed E-state index contributed by atoms with van der Waals surface area (Å²) in [5.74, 6) is 1.49. The van der Waals surface area contributed by atoms with Crippen molar-refractivity contribution < 1.29 is 4.79 Å². The maximum Gasteiger partial charge on any atom is 0.255 e. The van der Waals surface area contributed by atoms with Gasteiger partial charge in [0, 0.05) is 38.0 Å².